The molecule has 0 spiro atoms. The Morgan fingerprint density at radius 2 is 1.94 bits per heavy atom. The molecule has 0 aliphatic carbocycles. The molecule has 0 saturated carbocycles. The van der Waals surface area contributed by atoms with E-state index in [2.05, 4.69) is 69.9 Å². The Morgan fingerprint density at radius 1 is 1.12 bits per heavy atom. The molecule has 0 radical (unpaired) electrons. The third-order valence-corrected chi connectivity index (χ3v) is 5.92. The zero-order chi connectivity index (χ0) is 21.5. The standard InChI is InChI=1S/C24H33N7.HI/c1-3-25-24(26-14-12-23-29-28-22-11-7-8-15-31(22)23)27-21-13-16-30(19(2)17-21)18-20-9-5-4-6-10-20;/h4-11,15,19,21H,3,12-14,16-18H2,1-2H3,(H2,25,26,27);1H. The maximum absolute atomic E-state index is 4.80. The molecule has 1 aliphatic rings. The second kappa shape index (κ2) is 12.2. The number of guanidine groups is 1. The van der Waals surface area contributed by atoms with E-state index in [9.17, 15) is 0 Å². The van der Waals surface area contributed by atoms with Crippen LogP contribution in [0, 0.1) is 0 Å². The van der Waals surface area contributed by atoms with Crippen molar-refractivity contribution in [3.8, 4) is 0 Å². The fourth-order valence-electron chi connectivity index (χ4n) is 4.25. The van der Waals surface area contributed by atoms with Gasteiger partial charge in [0, 0.05) is 50.9 Å². The quantitative estimate of drug-likeness (QED) is 0.269. The zero-order valence-corrected chi connectivity index (χ0v) is 21.3. The lowest BCUT2D eigenvalue weighted by atomic mass is 9.97. The summed E-state index contributed by atoms with van der Waals surface area (Å²) in [5.41, 5.74) is 2.26. The Hall–Kier alpha value is -2.20. The summed E-state index contributed by atoms with van der Waals surface area (Å²) in [7, 11) is 0. The molecule has 1 fully saturated rings. The Labute approximate surface area is 207 Å². The normalized spacial score (nSPS) is 19.5. The SMILES string of the molecule is CCNC(=NCCc1nnc2ccccn12)NC1CCN(Cc2ccccc2)C(C)C1.I. The minimum Gasteiger partial charge on any atom is -0.357 e. The predicted molar refractivity (Wildman–Crippen MR) is 141 cm³/mol. The molecule has 2 aromatic heterocycles. The number of hydrogen-bond donors (Lipinski definition) is 2. The number of likely N-dealkylation sites (tertiary alicyclic amines) is 1. The van der Waals surface area contributed by atoms with Crippen LogP contribution in [0.2, 0.25) is 0 Å². The second-order valence-electron chi connectivity index (χ2n) is 8.23. The zero-order valence-electron chi connectivity index (χ0n) is 18.9. The first-order valence-electron chi connectivity index (χ1n) is 11.3. The van der Waals surface area contributed by atoms with E-state index in [1.54, 1.807) is 0 Å². The van der Waals surface area contributed by atoms with Crippen LogP contribution in [0.5, 0.6) is 0 Å². The van der Waals surface area contributed by atoms with Crippen molar-refractivity contribution in [2.45, 2.75) is 51.7 Å². The van der Waals surface area contributed by atoms with E-state index >= 15 is 0 Å². The lowest BCUT2D eigenvalue weighted by molar-refractivity contribution is 0.134. The van der Waals surface area contributed by atoms with Crippen LogP contribution in [0.1, 0.15) is 38.1 Å². The number of nitrogens with one attached hydrogen (secondary N) is 2. The molecular weight excluding hydrogens is 513 g/mol. The molecule has 8 heteroatoms. The molecule has 7 nitrogen and oxygen atoms in total. The predicted octanol–water partition coefficient (Wildman–Crippen LogP) is 3.50. The minimum absolute atomic E-state index is 0. The summed E-state index contributed by atoms with van der Waals surface area (Å²) in [5, 5.41) is 15.6. The van der Waals surface area contributed by atoms with Crippen LogP contribution in [-0.2, 0) is 13.0 Å². The van der Waals surface area contributed by atoms with E-state index in [0.29, 0.717) is 18.6 Å². The van der Waals surface area contributed by atoms with Crippen LogP contribution in [0.15, 0.2) is 59.7 Å². The number of fused-ring (bicyclic) bond motifs is 1. The van der Waals surface area contributed by atoms with Gasteiger partial charge in [0.25, 0.3) is 0 Å². The third-order valence-electron chi connectivity index (χ3n) is 5.92. The van der Waals surface area contributed by atoms with Crippen LogP contribution >= 0.6 is 24.0 Å². The molecular formula is C24H34IN7. The summed E-state index contributed by atoms with van der Waals surface area (Å²) in [5.74, 6) is 1.84. The van der Waals surface area contributed by atoms with Crippen molar-refractivity contribution in [3.05, 3.63) is 66.1 Å². The average Bonchev–Trinajstić information content (AvgIpc) is 3.20. The molecule has 172 valence electrons. The Bertz CT molecular complexity index is 988. The molecule has 3 aromatic rings. The van der Waals surface area contributed by atoms with Gasteiger partial charge in [-0.15, -0.1) is 34.2 Å². The van der Waals surface area contributed by atoms with E-state index < -0.39 is 0 Å². The molecule has 4 rings (SSSR count). The highest BCUT2D eigenvalue weighted by molar-refractivity contribution is 14.0. The number of aliphatic imine (C=N–C) groups is 1. The van der Waals surface area contributed by atoms with Gasteiger partial charge in [-0.05, 0) is 44.4 Å². The van der Waals surface area contributed by atoms with Crippen LogP contribution in [0.25, 0.3) is 5.65 Å². The van der Waals surface area contributed by atoms with Gasteiger partial charge in [0.05, 0.1) is 0 Å². The fourth-order valence-corrected chi connectivity index (χ4v) is 4.25. The molecule has 2 N–H and O–H groups in total. The number of pyridine rings is 1. The number of nitrogens with zero attached hydrogens (tertiary/aromatic N) is 5. The summed E-state index contributed by atoms with van der Waals surface area (Å²) < 4.78 is 2.03. The van der Waals surface area contributed by atoms with Crippen LogP contribution in [-0.4, -0.2) is 57.2 Å². The van der Waals surface area contributed by atoms with Crippen molar-refractivity contribution in [3.63, 3.8) is 0 Å². The lowest BCUT2D eigenvalue weighted by Gasteiger charge is -2.38. The van der Waals surface area contributed by atoms with Crippen molar-refractivity contribution < 1.29 is 0 Å². The Kier molecular flexibility index (Phi) is 9.28. The van der Waals surface area contributed by atoms with Crippen LogP contribution in [0.3, 0.4) is 0 Å². The van der Waals surface area contributed by atoms with Gasteiger partial charge in [-0.1, -0.05) is 36.4 Å². The first-order chi connectivity index (χ1) is 15.2. The van der Waals surface area contributed by atoms with Gasteiger partial charge in [0.1, 0.15) is 5.82 Å². The number of piperidine rings is 1. The molecule has 1 aromatic carbocycles. The van der Waals surface area contributed by atoms with E-state index in [4.69, 9.17) is 4.99 Å². The summed E-state index contributed by atoms with van der Waals surface area (Å²) in [6.07, 6.45) is 5.00. The Balaban J connectivity index is 0.00000289. The van der Waals surface area contributed by atoms with Gasteiger partial charge in [-0.2, -0.15) is 0 Å². The summed E-state index contributed by atoms with van der Waals surface area (Å²) in [4.78, 5) is 7.38. The molecule has 32 heavy (non-hydrogen) atoms. The van der Waals surface area contributed by atoms with Gasteiger partial charge in [-0.3, -0.25) is 14.3 Å². The summed E-state index contributed by atoms with van der Waals surface area (Å²) in [6.45, 7) is 8.08. The number of halogens is 1. The molecule has 1 aliphatic heterocycles. The molecule has 3 heterocycles. The first kappa shape index (κ1) is 24.4. The smallest absolute Gasteiger partial charge is 0.191 e. The summed E-state index contributed by atoms with van der Waals surface area (Å²) in [6, 6.07) is 17.7. The first-order valence-corrected chi connectivity index (χ1v) is 11.3. The average molecular weight is 547 g/mol. The van der Waals surface area contributed by atoms with Crippen molar-refractivity contribution in [2.24, 2.45) is 4.99 Å². The van der Waals surface area contributed by atoms with Crippen LogP contribution in [0.4, 0.5) is 0 Å². The summed E-state index contributed by atoms with van der Waals surface area (Å²) >= 11 is 0. The fraction of sp³-hybridized carbons (Fsp3) is 0.458. The van der Waals surface area contributed by atoms with E-state index in [-0.39, 0.29) is 24.0 Å². The number of benzene rings is 1. The minimum atomic E-state index is 0. The maximum atomic E-state index is 4.80. The number of rotatable bonds is 7. The van der Waals surface area contributed by atoms with Crippen LogP contribution < -0.4 is 10.6 Å². The molecule has 1 saturated heterocycles. The van der Waals surface area contributed by atoms with Gasteiger partial charge in [0.2, 0.25) is 0 Å². The van der Waals surface area contributed by atoms with Crippen molar-refractivity contribution >= 4 is 35.6 Å². The van der Waals surface area contributed by atoms with Crippen molar-refractivity contribution in [1.29, 1.82) is 0 Å². The van der Waals surface area contributed by atoms with Crippen molar-refractivity contribution in [1.82, 2.24) is 30.1 Å². The number of aromatic nitrogens is 3. The molecule has 0 bridgehead atoms. The number of hydrogen-bond acceptors (Lipinski definition) is 4. The second-order valence-corrected chi connectivity index (χ2v) is 8.23. The largest absolute Gasteiger partial charge is 0.357 e. The van der Waals surface area contributed by atoms with Gasteiger partial charge in [0.15, 0.2) is 11.6 Å². The molecule has 0 amide bonds. The van der Waals surface area contributed by atoms with E-state index in [0.717, 1.165) is 56.3 Å². The van der Waals surface area contributed by atoms with Crippen molar-refractivity contribution in [2.75, 3.05) is 19.6 Å². The van der Waals surface area contributed by atoms with Gasteiger partial charge >= 0.3 is 0 Å². The highest BCUT2D eigenvalue weighted by Crippen LogP contribution is 2.20. The molecule has 2 unspecified atom stereocenters. The van der Waals surface area contributed by atoms with E-state index in [1.807, 2.05) is 28.8 Å². The molecule has 2 atom stereocenters. The highest BCUT2D eigenvalue weighted by Gasteiger charge is 2.25. The lowest BCUT2D eigenvalue weighted by Crippen LogP contribution is -2.51. The maximum Gasteiger partial charge on any atom is 0.191 e. The van der Waals surface area contributed by atoms with Gasteiger partial charge < -0.3 is 10.6 Å². The monoisotopic (exact) mass is 547 g/mol. The van der Waals surface area contributed by atoms with Gasteiger partial charge in [-0.25, -0.2) is 0 Å². The Morgan fingerprint density at radius 3 is 2.72 bits per heavy atom. The highest BCUT2D eigenvalue weighted by atomic mass is 127. The van der Waals surface area contributed by atoms with E-state index in [1.165, 1.54) is 5.56 Å². The third kappa shape index (κ3) is 6.41. The topological polar surface area (TPSA) is 69.8 Å².